The summed E-state index contributed by atoms with van der Waals surface area (Å²) in [4.78, 5) is 3.99. The number of pyridine rings is 1. The van der Waals surface area contributed by atoms with E-state index in [4.69, 9.17) is 22.4 Å². The number of anilines is 1. The standard InChI is InChI=1S/C8H7ClN4O/c9-7-1-5(10)2-11-8(7)13-4-6(14)3-12-13/h1-4,14H,10H2. The summed E-state index contributed by atoms with van der Waals surface area (Å²) in [6.07, 6.45) is 4.18. The van der Waals surface area contributed by atoms with Crippen molar-refractivity contribution in [3.8, 4) is 11.6 Å². The molecule has 2 rings (SSSR count). The minimum Gasteiger partial charge on any atom is -0.505 e. The molecule has 0 aliphatic heterocycles. The first-order valence-corrected chi connectivity index (χ1v) is 4.19. The van der Waals surface area contributed by atoms with Crippen LogP contribution in [-0.4, -0.2) is 19.9 Å². The van der Waals surface area contributed by atoms with E-state index in [0.717, 1.165) is 0 Å². The number of nitrogen functional groups attached to an aromatic ring is 1. The Morgan fingerprint density at radius 1 is 1.43 bits per heavy atom. The van der Waals surface area contributed by atoms with Crippen molar-refractivity contribution in [2.24, 2.45) is 0 Å². The van der Waals surface area contributed by atoms with Crippen LogP contribution in [0.5, 0.6) is 5.75 Å². The maximum absolute atomic E-state index is 9.08. The van der Waals surface area contributed by atoms with Gasteiger partial charge < -0.3 is 10.8 Å². The van der Waals surface area contributed by atoms with E-state index in [9.17, 15) is 0 Å². The lowest BCUT2D eigenvalue weighted by Gasteiger charge is -2.02. The van der Waals surface area contributed by atoms with Gasteiger partial charge >= 0.3 is 0 Å². The van der Waals surface area contributed by atoms with Crippen molar-refractivity contribution in [3.63, 3.8) is 0 Å². The second kappa shape index (κ2) is 3.19. The van der Waals surface area contributed by atoms with Crippen LogP contribution in [0, 0.1) is 0 Å². The van der Waals surface area contributed by atoms with Crippen LogP contribution in [0.4, 0.5) is 5.69 Å². The molecular weight excluding hydrogens is 204 g/mol. The molecule has 0 fully saturated rings. The van der Waals surface area contributed by atoms with E-state index >= 15 is 0 Å². The van der Waals surface area contributed by atoms with Crippen LogP contribution < -0.4 is 5.73 Å². The Kier molecular flexibility index (Phi) is 2.01. The van der Waals surface area contributed by atoms with Gasteiger partial charge in [-0.1, -0.05) is 11.6 Å². The Balaban J connectivity index is 2.52. The number of hydrogen-bond acceptors (Lipinski definition) is 4. The lowest BCUT2D eigenvalue weighted by atomic mass is 10.4. The molecule has 2 aromatic rings. The van der Waals surface area contributed by atoms with Gasteiger partial charge in [-0.3, -0.25) is 0 Å². The molecule has 0 atom stereocenters. The van der Waals surface area contributed by atoms with Crippen molar-refractivity contribution in [2.75, 3.05) is 5.73 Å². The average molecular weight is 211 g/mol. The first-order valence-electron chi connectivity index (χ1n) is 3.82. The van der Waals surface area contributed by atoms with Gasteiger partial charge in [0.25, 0.3) is 0 Å². The molecule has 0 spiro atoms. The smallest absolute Gasteiger partial charge is 0.172 e. The molecule has 0 bridgehead atoms. The quantitative estimate of drug-likeness (QED) is 0.742. The van der Waals surface area contributed by atoms with Crippen LogP contribution in [0.25, 0.3) is 5.82 Å². The molecule has 0 saturated carbocycles. The van der Waals surface area contributed by atoms with Crippen LogP contribution in [0.1, 0.15) is 0 Å². The fourth-order valence-electron chi connectivity index (χ4n) is 1.04. The number of aromatic nitrogens is 3. The molecule has 14 heavy (non-hydrogen) atoms. The predicted molar refractivity (Wildman–Crippen MR) is 52.4 cm³/mol. The number of halogens is 1. The molecule has 0 amide bonds. The van der Waals surface area contributed by atoms with E-state index in [1.807, 2.05) is 0 Å². The lowest BCUT2D eigenvalue weighted by molar-refractivity contribution is 0.475. The summed E-state index contributed by atoms with van der Waals surface area (Å²) in [5.74, 6) is 0.487. The van der Waals surface area contributed by atoms with Crippen LogP contribution >= 0.6 is 11.6 Å². The maximum Gasteiger partial charge on any atom is 0.172 e. The Hall–Kier alpha value is -1.75. The van der Waals surface area contributed by atoms with Gasteiger partial charge in [0.2, 0.25) is 0 Å². The van der Waals surface area contributed by atoms with Crippen molar-refractivity contribution in [1.82, 2.24) is 14.8 Å². The molecule has 0 aromatic carbocycles. The van der Waals surface area contributed by atoms with Crippen LogP contribution in [0.2, 0.25) is 5.02 Å². The van der Waals surface area contributed by atoms with E-state index in [1.54, 1.807) is 6.07 Å². The molecule has 2 aromatic heterocycles. The van der Waals surface area contributed by atoms with Gasteiger partial charge in [-0.25, -0.2) is 9.67 Å². The summed E-state index contributed by atoms with van der Waals surface area (Å²) in [6, 6.07) is 1.57. The Labute approximate surface area is 84.8 Å². The van der Waals surface area contributed by atoms with Gasteiger partial charge in [0, 0.05) is 0 Å². The summed E-state index contributed by atoms with van der Waals surface area (Å²) < 4.78 is 1.37. The fraction of sp³-hybridized carbons (Fsp3) is 0. The first-order chi connectivity index (χ1) is 6.66. The largest absolute Gasteiger partial charge is 0.505 e. The Morgan fingerprint density at radius 3 is 2.79 bits per heavy atom. The molecule has 0 saturated heterocycles. The number of nitrogens with two attached hydrogens (primary N) is 1. The average Bonchev–Trinajstić information content (AvgIpc) is 2.51. The monoisotopic (exact) mass is 210 g/mol. The number of hydrogen-bond donors (Lipinski definition) is 2. The molecule has 0 unspecified atom stereocenters. The topological polar surface area (TPSA) is 77.0 Å². The van der Waals surface area contributed by atoms with Crippen molar-refractivity contribution in [1.29, 1.82) is 0 Å². The van der Waals surface area contributed by atoms with Gasteiger partial charge in [-0.2, -0.15) is 5.10 Å². The third kappa shape index (κ3) is 1.49. The molecule has 0 radical (unpaired) electrons. The first kappa shape index (κ1) is 8.83. The van der Waals surface area contributed by atoms with Crippen LogP contribution in [0.3, 0.4) is 0 Å². The minimum absolute atomic E-state index is 0.0553. The van der Waals surface area contributed by atoms with Crippen LogP contribution in [0.15, 0.2) is 24.7 Å². The summed E-state index contributed by atoms with van der Waals surface area (Å²) in [5.41, 5.74) is 5.97. The molecule has 0 aliphatic carbocycles. The molecule has 5 nitrogen and oxygen atoms in total. The van der Waals surface area contributed by atoms with Gasteiger partial charge in [-0.05, 0) is 6.07 Å². The zero-order valence-electron chi connectivity index (χ0n) is 7.05. The highest BCUT2D eigenvalue weighted by Crippen LogP contribution is 2.20. The lowest BCUT2D eigenvalue weighted by Crippen LogP contribution is -1.99. The zero-order chi connectivity index (χ0) is 10.1. The molecular formula is C8H7ClN4O. The van der Waals surface area contributed by atoms with Crippen molar-refractivity contribution >= 4 is 17.3 Å². The number of rotatable bonds is 1. The second-order valence-electron chi connectivity index (χ2n) is 2.72. The van der Waals surface area contributed by atoms with E-state index < -0.39 is 0 Å². The fourth-order valence-corrected chi connectivity index (χ4v) is 1.30. The molecule has 72 valence electrons. The van der Waals surface area contributed by atoms with Crippen molar-refractivity contribution in [2.45, 2.75) is 0 Å². The van der Waals surface area contributed by atoms with Crippen LogP contribution in [-0.2, 0) is 0 Å². The van der Waals surface area contributed by atoms with E-state index in [0.29, 0.717) is 16.5 Å². The maximum atomic E-state index is 9.08. The molecule has 3 N–H and O–H groups in total. The third-order valence-electron chi connectivity index (χ3n) is 1.63. The Morgan fingerprint density at radius 2 is 2.21 bits per heavy atom. The molecule has 6 heteroatoms. The second-order valence-corrected chi connectivity index (χ2v) is 3.12. The summed E-state index contributed by atoms with van der Waals surface area (Å²) >= 11 is 5.89. The highest BCUT2D eigenvalue weighted by molar-refractivity contribution is 6.32. The number of nitrogens with zero attached hydrogens (tertiary/aromatic N) is 3. The molecule has 2 heterocycles. The van der Waals surface area contributed by atoms with Gasteiger partial charge in [0.1, 0.15) is 0 Å². The minimum atomic E-state index is 0.0553. The summed E-state index contributed by atoms with van der Waals surface area (Å²) in [7, 11) is 0. The predicted octanol–water partition coefficient (Wildman–Crippen LogP) is 1.21. The van der Waals surface area contributed by atoms with E-state index in [1.165, 1.54) is 23.3 Å². The summed E-state index contributed by atoms with van der Waals surface area (Å²) in [6.45, 7) is 0. The molecule has 0 aliphatic rings. The highest BCUT2D eigenvalue weighted by Gasteiger charge is 2.06. The number of aromatic hydroxyl groups is 1. The summed E-state index contributed by atoms with van der Waals surface area (Å²) in [5, 5.41) is 13.3. The Bertz CT molecular complexity index is 468. The van der Waals surface area contributed by atoms with Crippen molar-refractivity contribution < 1.29 is 5.11 Å². The highest BCUT2D eigenvalue weighted by atomic mass is 35.5. The van der Waals surface area contributed by atoms with Crippen molar-refractivity contribution in [3.05, 3.63) is 29.7 Å². The SMILES string of the molecule is Nc1cnc(-n2cc(O)cn2)c(Cl)c1. The van der Waals surface area contributed by atoms with E-state index in [2.05, 4.69) is 10.1 Å². The van der Waals surface area contributed by atoms with Gasteiger partial charge in [-0.15, -0.1) is 0 Å². The zero-order valence-corrected chi connectivity index (χ0v) is 7.81. The normalized spacial score (nSPS) is 10.4. The third-order valence-corrected chi connectivity index (χ3v) is 1.91. The van der Waals surface area contributed by atoms with E-state index in [-0.39, 0.29) is 5.75 Å². The van der Waals surface area contributed by atoms with Gasteiger partial charge in [0.05, 0.1) is 29.3 Å². The van der Waals surface area contributed by atoms with Gasteiger partial charge in [0.15, 0.2) is 11.6 Å².